The van der Waals surface area contributed by atoms with Crippen molar-refractivity contribution >= 4 is 0 Å². The van der Waals surface area contributed by atoms with E-state index in [9.17, 15) is 22.0 Å². The van der Waals surface area contributed by atoms with Crippen LogP contribution in [0.15, 0.2) is 60.7 Å². The molecule has 0 aliphatic carbocycles. The maximum atomic E-state index is 14.1. The summed E-state index contributed by atoms with van der Waals surface area (Å²) < 4.78 is 66.0. The van der Waals surface area contributed by atoms with Gasteiger partial charge >= 0.3 is 6.18 Å². The molecule has 4 aromatic rings. The fraction of sp³-hybridized carbons (Fsp3) is 0.174. The molecule has 0 atom stereocenters. The molecule has 4 rings (SSSR count). The molecule has 164 valence electrons. The first-order valence-corrected chi connectivity index (χ1v) is 9.60. The molecule has 4 nitrogen and oxygen atoms in total. The van der Waals surface area contributed by atoms with Crippen molar-refractivity contribution in [3.63, 3.8) is 0 Å². The van der Waals surface area contributed by atoms with Gasteiger partial charge in [0.15, 0.2) is 0 Å². The lowest BCUT2D eigenvalue weighted by molar-refractivity contribution is -0.140. The Hall–Kier alpha value is -3.62. The molecule has 4 heterocycles. The van der Waals surface area contributed by atoms with Crippen LogP contribution in [0.4, 0.5) is 22.0 Å². The summed E-state index contributed by atoms with van der Waals surface area (Å²) in [6.45, 7) is 3.70. The third-order valence-corrected chi connectivity index (χ3v) is 5.14. The van der Waals surface area contributed by atoms with Crippen LogP contribution in [0.25, 0.3) is 22.6 Å². The Bertz CT molecular complexity index is 1280. The molecule has 0 fully saturated rings. The molecular weight excluding hydrogens is 427 g/mol. The lowest BCUT2D eigenvalue weighted by Gasteiger charge is -2.24. The Morgan fingerprint density at radius 1 is 0.719 bits per heavy atom. The maximum absolute atomic E-state index is 14.1. The van der Waals surface area contributed by atoms with Gasteiger partial charge in [0.2, 0.25) is 11.9 Å². The average Bonchev–Trinajstić information content (AvgIpc) is 3.25. The second kappa shape index (κ2) is 7.81. The maximum Gasteiger partial charge on any atom is 0.431 e. The zero-order chi connectivity index (χ0) is 23.1. The van der Waals surface area contributed by atoms with Crippen molar-refractivity contribution in [3.8, 4) is 22.6 Å². The van der Waals surface area contributed by atoms with Crippen molar-refractivity contribution in [2.24, 2.45) is 0 Å². The number of aromatic amines is 1. The number of hydrogen-bond donors (Lipinski definition) is 1. The Labute approximate surface area is 180 Å². The van der Waals surface area contributed by atoms with Crippen LogP contribution >= 0.6 is 0 Å². The SMILES string of the molecule is CC(C)(c1cccc(-c2ccc(C(F)(F)F)[nH]2)n1)c1cccc(-c2ccc(F)nc2F)n1. The molecule has 4 aromatic heterocycles. The van der Waals surface area contributed by atoms with Crippen molar-refractivity contribution in [3.05, 3.63) is 89.6 Å². The highest BCUT2D eigenvalue weighted by Gasteiger charge is 2.32. The summed E-state index contributed by atoms with van der Waals surface area (Å²) >= 11 is 0. The van der Waals surface area contributed by atoms with Crippen molar-refractivity contribution < 1.29 is 22.0 Å². The highest BCUT2D eigenvalue weighted by atomic mass is 19.4. The van der Waals surface area contributed by atoms with E-state index in [1.807, 2.05) is 13.8 Å². The van der Waals surface area contributed by atoms with Gasteiger partial charge in [-0.15, -0.1) is 0 Å². The minimum atomic E-state index is -4.48. The summed E-state index contributed by atoms with van der Waals surface area (Å²) in [4.78, 5) is 14.6. The normalized spacial score (nSPS) is 12.2. The molecule has 0 amide bonds. The molecule has 0 saturated heterocycles. The Kier molecular flexibility index (Phi) is 5.28. The van der Waals surface area contributed by atoms with Gasteiger partial charge in [0.25, 0.3) is 0 Å². The van der Waals surface area contributed by atoms with E-state index < -0.39 is 29.2 Å². The fourth-order valence-electron chi connectivity index (χ4n) is 3.31. The van der Waals surface area contributed by atoms with Crippen LogP contribution < -0.4 is 0 Å². The van der Waals surface area contributed by atoms with Crippen molar-refractivity contribution in [2.45, 2.75) is 25.4 Å². The molecule has 0 aliphatic rings. The average molecular weight is 444 g/mol. The molecule has 0 bridgehead atoms. The van der Waals surface area contributed by atoms with Gasteiger partial charge in [-0.05, 0) is 62.4 Å². The van der Waals surface area contributed by atoms with Gasteiger partial charge in [-0.2, -0.15) is 26.9 Å². The molecule has 0 aliphatic heterocycles. The predicted molar refractivity (Wildman–Crippen MR) is 109 cm³/mol. The first-order valence-electron chi connectivity index (χ1n) is 9.60. The van der Waals surface area contributed by atoms with E-state index in [0.717, 1.165) is 12.1 Å². The molecule has 0 radical (unpaired) electrons. The smallest absolute Gasteiger partial charge is 0.350 e. The Balaban J connectivity index is 1.71. The highest BCUT2D eigenvalue weighted by Crippen LogP contribution is 2.33. The van der Waals surface area contributed by atoms with E-state index in [0.29, 0.717) is 17.1 Å². The fourth-order valence-corrected chi connectivity index (χ4v) is 3.31. The highest BCUT2D eigenvalue weighted by molar-refractivity contribution is 5.59. The summed E-state index contributed by atoms with van der Waals surface area (Å²) in [6, 6.07) is 14.7. The summed E-state index contributed by atoms with van der Waals surface area (Å²) in [6.07, 6.45) is -4.48. The zero-order valence-corrected chi connectivity index (χ0v) is 17.0. The molecule has 0 saturated carbocycles. The summed E-state index contributed by atoms with van der Waals surface area (Å²) in [5, 5.41) is 0. The Morgan fingerprint density at radius 2 is 1.34 bits per heavy atom. The number of pyridine rings is 3. The number of H-pyrrole nitrogens is 1. The summed E-state index contributed by atoms with van der Waals surface area (Å²) in [5.41, 5.74) is 0.379. The third kappa shape index (κ3) is 4.10. The van der Waals surface area contributed by atoms with Crippen LogP contribution in [0.5, 0.6) is 0 Å². The van der Waals surface area contributed by atoms with E-state index in [2.05, 4.69) is 19.9 Å². The van der Waals surface area contributed by atoms with Gasteiger partial charge in [-0.3, -0.25) is 9.97 Å². The van der Waals surface area contributed by atoms with Gasteiger partial charge in [0.05, 0.1) is 34.0 Å². The van der Waals surface area contributed by atoms with Crippen LogP contribution in [0.1, 0.15) is 30.9 Å². The number of hydrogen-bond acceptors (Lipinski definition) is 3. The molecule has 0 unspecified atom stereocenters. The predicted octanol–water partition coefficient (Wildman–Crippen LogP) is 6.16. The lowest BCUT2D eigenvalue weighted by atomic mass is 9.84. The topological polar surface area (TPSA) is 54.5 Å². The second-order valence-corrected chi connectivity index (χ2v) is 7.70. The van der Waals surface area contributed by atoms with Crippen molar-refractivity contribution in [2.75, 3.05) is 0 Å². The van der Waals surface area contributed by atoms with Gasteiger partial charge in [0, 0.05) is 5.41 Å². The minimum Gasteiger partial charge on any atom is -0.350 e. The van der Waals surface area contributed by atoms with Gasteiger partial charge in [0.1, 0.15) is 5.69 Å². The molecule has 0 spiro atoms. The van der Waals surface area contributed by atoms with Crippen molar-refractivity contribution in [1.82, 2.24) is 19.9 Å². The van der Waals surface area contributed by atoms with Crippen LogP contribution in [-0.2, 0) is 11.6 Å². The zero-order valence-electron chi connectivity index (χ0n) is 17.0. The quantitative estimate of drug-likeness (QED) is 0.303. The van der Waals surface area contributed by atoms with E-state index in [4.69, 9.17) is 0 Å². The summed E-state index contributed by atoms with van der Waals surface area (Å²) in [7, 11) is 0. The number of nitrogens with zero attached hydrogens (tertiary/aromatic N) is 3. The van der Waals surface area contributed by atoms with Crippen LogP contribution in [0.3, 0.4) is 0 Å². The molecular formula is C23H17F5N4. The lowest BCUT2D eigenvalue weighted by Crippen LogP contribution is -2.22. The molecule has 9 heteroatoms. The van der Waals surface area contributed by atoms with Crippen LogP contribution in [-0.4, -0.2) is 19.9 Å². The number of alkyl halides is 3. The van der Waals surface area contributed by atoms with Gasteiger partial charge in [-0.25, -0.2) is 0 Å². The van der Waals surface area contributed by atoms with Gasteiger partial charge < -0.3 is 4.98 Å². The number of nitrogens with one attached hydrogen (secondary N) is 1. The Morgan fingerprint density at radius 3 is 1.94 bits per heavy atom. The second-order valence-electron chi connectivity index (χ2n) is 7.70. The standard InChI is InChI=1S/C23H17F5N4/c1-22(2,17-7-3-5-14(29-17)13-9-12-20(24)32-21(13)25)18-8-4-6-15(30-18)16-10-11-19(31-16)23(26,27)28/h3-12,31H,1-2H3. The number of aromatic nitrogens is 4. The van der Waals surface area contributed by atoms with E-state index in [-0.39, 0.29) is 17.0 Å². The number of rotatable bonds is 4. The molecule has 32 heavy (non-hydrogen) atoms. The minimum absolute atomic E-state index is 0.0526. The van der Waals surface area contributed by atoms with E-state index in [1.165, 1.54) is 12.1 Å². The molecule has 0 aromatic carbocycles. The van der Waals surface area contributed by atoms with Crippen LogP contribution in [0.2, 0.25) is 0 Å². The number of halogens is 5. The molecule has 1 N–H and O–H groups in total. The first kappa shape index (κ1) is 21.6. The summed E-state index contributed by atoms with van der Waals surface area (Å²) in [5.74, 6) is -1.90. The van der Waals surface area contributed by atoms with E-state index in [1.54, 1.807) is 36.4 Å². The first-order chi connectivity index (χ1) is 15.1. The van der Waals surface area contributed by atoms with E-state index >= 15 is 0 Å². The largest absolute Gasteiger partial charge is 0.431 e. The third-order valence-electron chi connectivity index (χ3n) is 5.14. The van der Waals surface area contributed by atoms with Crippen LogP contribution in [0, 0.1) is 11.9 Å². The monoisotopic (exact) mass is 444 g/mol. The van der Waals surface area contributed by atoms with Crippen molar-refractivity contribution in [1.29, 1.82) is 0 Å². The van der Waals surface area contributed by atoms with Gasteiger partial charge in [-0.1, -0.05) is 12.1 Å².